The van der Waals surface area contributed by atoms with Gasteiger partial charge >= 0.3 is 6.36 Å². The molecule has 2 amide bonds. The number of fused-ring (bicyclic) bond motifs is 1. The van der Waals surface area contributed by atoms with Crippen molar-refractivity contribution in [1.82, 2.24) is 20.8 Å². The fraction of sp³-hybridized carbons (Fsp3) is 0.360. The van der Waals surface area contributed by atoms with Crippen molar-refractivity contribution in [1.29, 1.82) is 0 Å². The molecule has 0 saturated carbocycles. The molecule has 0 radical (unpaired) electrons. The van der Waals surface area contributed by atoms with Crippen molar-refractivity contribution in [2.45, 2.75) is 33.1 Å². The van der Waals surface area contributed by atoms with Crippen LogP contribution in [0.4, 0.5) is 13.2 Å². The number of alkyl halides is 3. The smallest absolute Gasteiger partial charge is 0.406 e. The van der Waals surface area contributed by atoms with Gasteiger partial charge in [0.05, 0.1) is 5.92 Å². The predicted octanol–water partition coefficient (Wildman–Crippen LogP) is 4.25. The lowest BCUT2D eigenvalue weighted by Gasteiger charge is -2.27. The van der Waals surface area contributed by atoms with Gasteiger partial charge in [-0.05, 0) is 29.7 Å². The van der Waals surface area contributed by atoms with Gasteiger partial charge in [-0.2, -0.15) is 4.98 Å². The van der Waals surface area contributed by atoms with Crippen LogP contribution in [0.3, 0.4) is 0 Å². The van der Waals surface area contributed by atoms with Crippen LogP contribution in [-0.2, 0) is 16.0 Å². The first-order valence-electron chi connectivity index (χ1n) is 11.7. The van der Waals surface area contributed by atoms with Gasteiger partial charge in [-0.3, -0.25) is 9.59 Å². The molecule has 10 nitrogen and oxygen atoms in total. The van der Waals surface area contributed by atoms with Gasteiger partial charge in [0.15, 0.2) is 5.82 Å². The van der Waals surface area contributed by atoms with Crippen LogP contribution in [-0.4, -0.2) is 41.4 Å². The molecule has 1 atom stereocenters. The summed E-state index contributed by atoms with van der Waals surface area (Å²) in [6.45, 7) is 4.79. The van der Waals surface area contributed by atoms with E-state index in [9.17, 15) is 22.8 Å². The number of halogens is 3. The number of carbonyl (C=O) groups is 2. The molecule has 2 aromatic rings. The summed E-state index contributed by atoms with van der Waals surface area (Å²) in [6.07, 6.45) is 2.77. The van der Waals surface area contributed by atoms with Crippen LogP contribution in [0.5, 0.6) is 5.75 Å². The van der Waals surface area contributed by atoms with Gasteiger partial charge in [0.25, 0.3) is 5.91 Å². The molecule has 1 aliphatic heterocycles. The molecule has 1 aromatic heterocycles. The predicted molar refractivity (Wildman–Crippen MR) is 128 cm³/mol. The Bertz CT molecular complexity index is 1310. The Morgan fingerprint density at radius 3 is 2.61 bits per heavy atom. The maximum atomic E-state index is 12.4. The van der Waals surface area contributed by atoms with E-state index in [0.717, 1.165) is 17.7 Å². The highest BCUT2D eigenvalue weighted by Crippen LogP contribution is 2.28. The van der Waals surface area contributed by atoms with Gasteiger partial charge in [0, 0.05) is 37.1 Å². The molecule has 1 aromatic carbocycles. The standard InChI is InChI=1S/C25H25F3N6O4/c1-24(2,14-30-22-17-5-3-4-6-18(17)23(36)33-32-22)13-29-19(35)11-12-20-31-21(34-38-20)15-7-9-16(10-8-15)37-25(26,27)28/h3-10,18,30H,11-14H2,1-2H3,(H,29,35). The summed E-state index contributed by atoms with van der Waals surface area (Å²) in [7, 11) is 0. The molecule has 0 fully saturated rings. The number of aryl methyl sites for hydroxylation is 1. The average Bonchev–Trinajstić information content (AvgIpc) is 3.35. The van der Waals surface area contributed by atoms with Crippen molar-refractivity contribution in [2.75, 3.05) is 13.1 Å². The second kappa shape index (κ2) is 11.0. The zero-order valence-corrected chi connectivity index (χ0v) is 20.6. The summed E-state index contributed by atoms with van der Waals surface area (Å²) >= 11 is 0. The molecule has 1 aliphatic carbocycles. The first kappa shape index (κ1) is 26.8. The summed E-state index contributed by atoms with van der Waals surface area (Å²) < 4.78 is 45.9. The monoisotopic (exact) mass is 530 g/mol. The van der Waals surface area contributed by atoms with E-state index < -0.39 is 12.3 Å². The van der Waals surface area contributed by atoms with Crippen molar-refractivity contribution in [3.05, 3.63) is 65.9 Å². The Kier molecular flexibility index (Phi) is 7.74. The minimum absolute atomic E-state index is 0.105. The number of rotatable bonds is 10. The van der Waals surface area contributed by atoms with Crippen LogP contribution in [0.2, 0.25) is 0 Å². The van der Waals surface area contributed by atoms with E-state index in [4.69, 9.17) is 4.52 Å². The van der Waals surface area contributed by atoms with Gasteiger partial charge in [-0.15, -0.1) is 23.4 Å². The quantitative estimate of drug-likeness (QED) is 0.470. The third-order valence-electron chi connectivity index (χ3n) is 5.69. The first-order chi connectivity index (χ1) is 18.0. The van der Waals surface area contributed by atoms with Gasteiger partial charge in [-0.1, -0.05) is 43.3 Å². The molecule has 2 N–H and O–H groups in total. The Hall–Kier alpha value is -4.29. The highest BCUT2D eigenvalue weighted by Gasteiger charge is 2.31. The minimum atomic E-state index is -4.78. The van der Waals surface area contributed by atoms with Crippen molar-refractivity contribution in [2.24, 2.45) is 21.6 Å². The van der Waals surface area contributed by atoms with Gasteiger partial charge in [0.2, 0.25) is 17.6 Å². The van der Waals surface area contributed by atoms with Crippen molar-refractivity contribution in [3.8, 4) is 17.1 Å². The van der Waals surface area contributed by atoms with E-state index in [-0.39, 0.29) is 47.5 Å². The topological polar surface area (TPSA) is 131 Å². The fourth-order valence-corrected chi connectivity index (χ4v) is 3.65. The van der Waals surface area contributed by atoms with Gasteiger partial charge in [-0.25, -0.2) is 0 Å². The molecule has 0 bridgehead atoms. The van der Waals surface area contributed by atoms with E-state index in [0.29, 0.717) is 24.5 Å². The molecular formula is C25H25F3N6O4. The lowest BCUT2D eigenvalue weighted by Crippen LogP contribution is -2.40. The molecule has 2 heterocycles. The summed E-state index contributed by atoms with van der Waals surface area (Å²) in [6, 6.07) is 5.06. The lowest BCUT2D eigenvalue weighted by atomic mass is 9.91. The number of carbonyl (C=O) groups excluding carboxylic acids is 2. The maximum Gasteiger partial charge on any atom is 0.573 e. The van der Waals surface area contributed by atoms with Gasteiger partial charge in [0.1, 0.15) is 5.75 Å². The molecule has 0 spiro atoms. The lowest BCUT2D eigenvalue weighted by molar-refractivity contribution is -0.274. The van der Waals surface area contributed by atoms with E-state index in [1.807, 2.05) is 26.0 Å². The Labute approximate surface area is 215 Å². The summed E-state index contributed by atoms with van der Waals surface area (Å²) in [4.78, 5) is 28.5. The van der Waals surface area contributed by atoms with Crippen LogP contribution in [0.15, 0.2) is 74.7 Å². The zero-order chi connectivity index (χ0) is 27.3. The van der Waals surface area contributed by atoms with Crippen LogP contribution in [0.25, 0.3) is 11.4 Å². The largest absolute Gasteiger partial charge is 0.573 e. The number of nitrogens with zero attached hydrogens (tertiary/aromatic N) is 4. The van der Waals surface area contributed by atoms with Crippen LogP contribution < -0.4 is 15.4 Å². The number of azo groups is 1. The van der Waals surface area contributed by atoms with Crippen molar-refractivity contribution >= 4 is 11.8 Å². The minimum Gasteiger partial charge on any atom is -0.406 e. The number of amides is 2. The normalized spacial score (nSPS) is 17.0. The van der Waals surface area contributed by atoms with Crippen molar-refractivity contribution in [3.63, 3.8) is 0 Å². The number of aromatic nitrogens is 2. The van der Waals surface area contributed by atoms with E-state index in [1.54, 1.807) is 12.2 Å². The Morgan fingerprint density at radius 1 is 1.11 bits per heavy atom. The highest BCUT2D eigenvalue weighted by atomic mass is 19.4. The van der Waals surface area contributed by atoms with Crippen LogP contribution in [0.1, 0.15) is 26.2 Å². The highest BCUT2D eigenvalue weighted by molar-refractivity contribution is 5.86. The van der Waals surface area contributed by atoms with E-state index in [1.165, 1.54) is 12.1 Å². The molecule has 38 heavy (non-hydrogen) atoms. The number of nitrogens with one attached hydrogen (secondary N) is 2. The zero-order valence-electron chi connectivity index (χ0n) is 20.6. The third kappa shape index (κ3) is 7.14. The molecular weight excluding hydrogens is 505 g/mol. The second-order valence-electron chi connectivity index (χ2n) is 9.44. The number of allylic oxidation sites excluding steroid dienone is 3. The molecule has 1 unspecified atom stereocenters. The molecule has 13 heteroatoms. The Balaban J connectivity index is 1.23. The van der Waals surface area contributed by atoms with Gasteiger partial charge < -0.3 is 19.9 Å². The average molecular weight is 531 g/mol. The summed E-state index contributed by atoms with van der Waals surface area (Å²) in [5.41, 5.74) is 0.859. The van der Waals surface area contributed by atoms with E-state index in [2.05, 4.69) is 35.7 Å². The molecule has 2 aliphatic rings. The number of benzene rings is 1. The molecule has 4 rings (SSSR count). The number of hydrogen-bond acceptors (Lipinski definition) is 8. The van der Waals surface area contributed by atoms with Crippen LogP contribution >= 0.6 is 0 Å². The van der Waals surface area contributed by atoms with E-state index >= 15 is 0 Å². The molecule has 0 saturated heterocycles. The molecule has 200 valence electrons. The fourth-order valence-electron chi connectivity index (χ4n) is 3.65. The number of hydrogen-bond donors (Lipinski definition) is 2. The van der Waals surface area contributed by atoms with Crippen molar-refractivity contribution < 1.29 is 32.0 Å². The summed E-state index contributed by atoms with van der Waals surface area (Å²) in [5.74, 6) is -0.367. The second-order valence-corrected chi connectivity index (χ2v) is 9.44. The maximum absolute atomic E-state index is 12.4. The summed E-state index contributed by atoms with van der Waals surface area (Å²) in [5, 5.41) is 17.6. The Morgan fingerprint density at radius 2 is 1.87 bits per heavy atom. The third-order valence-corrected chi connectivity index (χ3v) is 5.69. The van der Waals surface area contributed by atoms with Crippen LogP contribution in [0, 0.1) is 11.3 Å². The SMILES string of the molecule is CC(C)(CNC(=O)CCc1nc(-c2ccc(OC(F)(F)F)cc2)no1)CNC1=C2C=CC=CC2C(=O)N=N1. The number of ether oxygens (including phenoxy) is 1. The first-order valence-corrected chi connectivity index (χ1v) is 11.7.